The van der Waals surface area contributed by atoms with Gasteiger partial charge in [-0.15, -0.1) is 0 Å². The van der Waals surface area contributed by atoms with Crippen molar-refractivity contribution in [2.45, 2.75) is 32.4 Å². The highest BCUT2D eigenvalue weighted by Crippen LogP contribution is 2.27. The highest BCUT2D eigenvalue weighted by Gasteiger charge is 2.19. The summed E-state index contributed by atoms with van der Waals surface area (Å²) in [5.74, 6) is 0. The first-order chi connectivity index (χ1) is 9.24. The van der Waals surface area contributed by atoms with Crippen LogP contribution in [0.1, 0.15) is 25.3 Å². The van der Waals surface area contributed by atoms with E-state index in [4.69, 9.17) is 4.74 Å². The summed E-state index contributed by atoms with van der Waals surface area (Å²) >= 11 is 3.68. The number of ether oxygens (including phenoxy) is 1. The van der Waals surface area contributed by atoms with Crippen LogP contribution in [0.4, 0.5) is 5.69 Å². The monoisotopic (exact) mass is 326 g/mol. The molecule has 1 atom stereocenters. The molecule has 0 aromatic heterocycles. The van der Waals surface area contributed by atoms with Crippen molar-refractivity contribution in [3.05, 3.63) is 28.2 Å². The molecular weight excluding hydrogens is 304 g/mol. The summed E-state index contributed by atoms with van der Waals surface area (Å²) in [6, 6.07) is 6.65. The lowest BCUT2D eigenvalue weighted by Crippen LogP contribution is -2.39. The van der Waals surface area contributed by atoms with Gasteiger partial charge < -0.3 is 15.0 Å². The van der Waals surface area contributed by atoms with E-state index in [-0.39, 0.29) is 0 Å². The van der Waals surface area contributed by atoms with Gasteiger partial charge in [0.15, 0.2) is 0 Å². The lowest BCUT2D eigenvalue weighted by molar-refractivity contribution is 0.0893. The first-order valence-electron chi connectivity index (χ1n) is 7.01. The molecule has 1 aliphatic rings. The van der Waals surface area contributed by atoms with Gasteiger partial charge >= 0.3 is 0 Å². The average Bonchev–Trinajstić information content (AvgIpc) is 2.46. The Balaban J connectivity index is 2.06. The molecule has 1 aromatic rings. The molecule has 1 unspecified atom stereocenters. The smallest absolute Gasteiger partial charge is 0.0746 e. The molecule has 1 N–H and O–H groups in total. The van der Waals surface area contributed by atoms with Gasteiger partial charge in [-0.2, -0.15) is 0 Å². The maximum Gasteiger partial charge on any atom is 0.0746 e. The Kier molecular flexibility index (Phi) is 5.67. The van der Waals surface area contributed by atoms with Crippen molar-refractivity contribution in [2.24, 2.45) is 0 Å². The Morgan fingerprint density at radius 1 is 1.47 bits per heavy atom. The standard InChI is InChI=1S/C15H23BrN2O/c1-3-17-10-12-6-7-13(9-15(12)16)18-8-4-5-14(11-18)19-2/h6-7,9,14,17H,3-5,8,10-11H2,1-2H3. The minimum absolute atomic E-state index is 0.369. The van der Waals surface area contributed by atoms with Gasteiger partial charge in [0.25, 0.3) is 0 Å². The Morgan fingerprint density at radius 2 is 2.32 bits per heavy atom. The van der Waals surface area contributed by atoms with Crippen LogP contribution in [-0.4, -0.2) is 32.8 Å². The summed E-state index contributed by atoms with van der Waals surface area (Å²) in [5.41, 5.74) is 2.60. The van der Waals surface area contributed by atoms with Crippen LogP contribution in [0.2, 0.25) is 0 Å². The zero-order chi connectivity index (χ0) is 13.7. The third-order valence-electron chi connectivity index (χ3n) is 3.68. The number of nitrogens with one attached hydrogen (secondary N) is 1. The summed E-state index contributed by atoms with van der Waals surface area (Å²) < 4.78 is 6.67. The molecule has 1 fully saturated rings. The third-order valence-corrected chi connectivity index (χ3v) is 4.42. The highest BCUT2D eigenvalue weighted by molar-refractivity contribution is 9.10. The Labute approximate surface area is 124 Å². The molecule has 1 heterocycles. The van der Waals surface area contributed by atoms with Crippen molar-refractivity contribution >= 4 is 21.6 Å². The van der Waals surface area contributed by atoms with E-state index in [1.54, 1.807) is 0 Å². The maximum atomic E-state index is 5.49. The highest BCUT2D eigenvalue weighted by atomic mass is 79.9. The predicted octanol–water partition coefficient (Wildman–Crippen LogP) is 3.17. The van der Waals surface area contributed by atoms with E-state index in [1.165, 1.54) is 28.6 Å². The van der Waals surface area contributed by atoms with E-state index in [0.717, 1.165) is 26.2 Å². The molecule has 0 radical (unpaired) electrons. The summed E-state index contributed by atoms with van der Waals surface area (Å²) in [6.07, 6.45) is 2.75. The summed E-state index contributed by atoms with van der Waals surface area (Å²) in [7, 11) is 1.81. The molecule has 0 bridgehead atoms. The summed E-state index contributed by atoms with van der Waals surface area (Å²) in [6.45, 7) is 6.16. The summed E-state index contributed by atoms with van der Waals surface area (Å²) in [5, 5.41) is 3.36. The number of benzene rings is 1. The van der Waals surface area contributed by atoms with Gasteiger partial charge in [-0.05, 0) is 37.1 Å². The lowest BCUT2D eigenvalue weighted by Gasteiger charge is -2.33. The van der Waals surface area contributed by atoms with Crippen molar-refractivity contribution in [3.63, 3.8) is 0 Å². The van der Waals surface area contributed by atoms with E-state index < -0.39 is 0 Å². The minimum atomic E-state index is 0.369. The van der Waals surface area contributed by atoms with E-state index in [1.807, 2.05) is 7.11 Å². The number of hydrogen-bond donors (Lipinski definition) is 1. The second-order valence-electron chi connectivity index (χ2n) is 5.00. The zero-order valence-corrected chi connectivity index (χ0v) is 13.4. The van der Waals surface area contributed by atoms with Gasteiger partial charge in [0.05, 0.1) is 6.10 Å². The van der Waals surface area contributed by atoms with E-state index >= 15 is 0 Å². The lowest BCUT2D eigenvalue weighted by atomic mass is 10.1. The minimum Gasteiger partial charge on any atom is -0.380 e. The third kappa shape index (κ3) is 3.94. The van der Waals surface area contributed by atoms with Crippen LogP contribution < -0.4 is 10.2 Å². The molecule has 106 valence electrons. The number of piperidine rings is 1. The molecular formula is C15H23BrN2O. The van der Waals surface area contributed by atoms with Crippen molar-refractivity contribution in [2.75, 3.05) is 31.6 Å². The van der Waals surface area contributed by atoms with Gasteiger partial charge in [-0.25, -0.2) is 0 Å². The first kappa shape index (κ1) is 14.8. The fourth-order valence-electron chi connectivity index (χ4n) is 2.50. The van der Waals surface area contributed by atoms with Gasteiger partial charge in [0.2, 0.25) is 0 Å². The number of anilines is 1. The molecule has 3 nitrogen and oxygen atoms in total. The van der Waals surface area contributed by atoms with Crippen LogP contribution in [0.3, 0.4) is 0 Å². The zero-order valence-electron chi connectivity index (χ0n) is 11.8. The molecule has 0 aliphatic carbocycles. The fourth-order valence-corrected chi connectivity index (χ4v) is 3.01. The van der Waals surface area contributed by atoms with Crippen molar-refractivity contribution in [3.8, 4) is 0 Å². The quantitative estimate of drug-likeness (QED) is 0.899. The van der Waals surface area contributed by atoms with Crippen LogP contribution in [0.25, 0.3) is 0 Å². The predicted molar refractivity (Wildman–Crippen MR) is 83.8 cm³/mol. The van der Waals surface area contributed by atoms with Crippen LogP contribution in [-0.2, 0) is 11.3 Å². The molecule has 19 heavy (non-hydrogen) atoms. The largest absolute Gasteiger partial charge is 0.380 e. The van der Waals surface area contributed by atoms with Crippen molar-refractivity contribution in [1.82, 2.24) is 5.32 Å². The fraction of sp³-hybridized carbons (Fsp3) is 0.600. The van der Waals surface area contributed by atoms with Gasteiger partial charge in [0.1, 0.15) is 0 Å². The van der Waals surface area contributed by atoms with E-state index in [2.05, 4.69) is 51.3 Å². The number of halogens is 1. The second-order valence-corrected chi connectivity index (χ2v) is 5.86. The van der Waals surface area contributed by atoms with Gasteiger partial charge in [-0.1, -0.05) is 28.9 Å². The molecule has 4 heteroatoms. The van der Waals surface area contributed by atoms with Crippen LogP contribution in [0.5, 0.6) is 0 Å². The summed E-state index contributed by atoms with van der Waals surface area (Å²) in [4.78, 5) is 2.42. The number of rotatable bonds is 5. The van der Waals surface area contributed by atoms with Crippen molar-refractivity contribution in [1.29, 1.82) is 0 Å². The normalized spacial score (nSPS) is 19.7. The van der Waals surface area contributed by atoms with Gasteiger partial charge in [-0.3, -0.25) is 0 Å². The Hall–Kier alpha value is -0.580. The second kappa shape index (κ2) is 7.27. The molecule has 2 rings (SSSR count). The number of methoxy groups -OCH3 is 1. The van der Waals surface area contributed by atoms with E-state index in [9.17, 15) is 0 Å². The molecule has 0 spiro atoms. The molecule has 1 aliphatic heterocycles. The SMILES string of the molecule is CCNCc1ccc(N2CCCC(OC)C2)cc1Br. The maximum absolute atomic E-state index is 5.49. The Morgan fingerprint density at radius 3 is 3.00 bits per heavy atom. The van der Waals surface area contributed by atoms with E-state index in [0.29, 0.717) is 6.10 Å². The number of nitrogens with zero attached hydrogens (tertiary/aromatic N) is 1. The van der Waals surface area contributed by atoms with Crippen LogP contribution in [0, 0.1) is 0 Å². The molecule has 0 amide bonds. The molecule has 0 saturated carbocycles. The van der Waals surface area contributed by atoms with Crippen LogP contribution >= 0.6 is 15.9 Å². The van der Waals surface area contributed by atoms with Crippen molar-refractivity contribution < 1.29 is 4.74 Å². The Bertz CT molecular complexity index is 411. The topological polar surface area (TPSA) is 24.5 Å². The van der Waals surface area contributed by atoms with Gasteiger partial charge in [0, 0.05) is 36.9 Å². The van der Waals surface area contributed by atoms with Crippen LogP contribution in [0.15, 0.2) is 22.7 Å². The molecule has 1 aromatic carbocycles. The first-order valence-corrected chi connectivity index (χ1v) is 7.80. The average molecular weight is 327 g/mol. The molecule has 1 saturated heterocycles. The number of hydrogen-bond acceptors (Lipinski definition) is 3.